The van der Waals surface area contributed by atoms with E-state index in [-0.39, 0.29) is 18.1 Å². The summed E-state index contributed by atoms with van der Waals surface area (Å²) < 4.78 is 5.43. The zero-order valence-electron chi connectivity index (χ0n) is 10.2. The maximum absolute atomic E-state index is 12.1. The number of aliphatic hydroxyl groups is 1. The third kappa shape index (κ3) is 2.23. The summed E-state index contributed by atoms with van der Waals surface area (Å²) in [6.07, 6.45) is 2.60. The highest BCUT2D eigenvalue weighted by molar-refractivity contribution is 5.82. The van der Waals surface area contributed by atoms with E-state index in [0.29, 0.717) is 6.42 Å². The lowest BCUT2D eigenvalue weighted by atomic mass is 9.88. The van der Waals surface area contributed by atoms with E-state index in [4.69, 9.17) is 4.74 Å². The van der Waals surface area contributed by atoms with Crippen molar-refractivity contribution in [1.82, 2.24) is 5.32 Å². The van der Waals surface area contributed by atoms with Crippen LogP contribution >= 0.6 is 0 Å². The summed E-state index contributed by atoms with van der Waals surface area (Å²) in [5.74, 6) is -0.207. The van der Waals surface area contributed by atoms with Crippen molar-refractivity contribution in [3.63, 3.8) is 0 Å². The van der Waals surface area contributed by atoms with Crippen molar-refractivity contribution >= 4 is 5.97 Å². The molecule has 0 spiro atoms. The molecule has 0 saturated carbocycles. The second-order valence-electron chi connectivity index (χ2n) is 6.06. The lowest BCUT2D eigenvalue weighted by Gasteiger charge is -2.37. The van der Waals surface area contributed by atoms with E-state index in [2.05, 4.69) is 5.32 Å². The van der Waals surface area contributed by atoms with Crippen molar-refractivity contribution in [3.8, 4) is 0 Å². The number of fused-ring (bicyclic) bond motifs is 2. The van der Waals surface area contributed by atoms with E-state index >= 15 is 0 Å². The lowest BCUT2D eigenvalue weighted by molar-refractivity contribution is -0.165. The van der Waals surface area contributed by atoms with Crippen LogP contribution in [0.3, 0.4) is 0 Å². The molecule has 4 nitrogen and oxygen atoms in total. The van der Waals surface area contributed by atoms with Gasteiger partial charge in [0.25, 0.3) is 0 Å². The first kappa shape index (κ1) is 11.9. The van der Waals surface area contributed by atoms with Crippen molar-refractivity contribution in [3.05, 3.63) is 0 Å². The van der Waals surface area contributed by atoms with Gasteiger partial charge in [-0.3, -0.25) is 10.1 Å². The number of carbonyl (C=O) groups is 1. The molecule has 2 unspecified atom stereocenters. The minimum Gasteiger partial charge on any atom is -0.459 e. The van der Waals surface area contributed by atoms with Crippen molar-refractivity contribution in [1.29, 1.82) is 0 Å². The van der Waals surface area contributed by atoms with Crippen molar-refractivity contribution in [2.45, 2.75) is 69.7 Å². The number of hydrogen-bond acceptors (Lipinski definition) is 4. The van der Waals surface area contributed by atoms with Gasteiger partial charge in [0.15, 0.2) is 0 Å². The standard InChI is InChI=1S/C12H21NO3/c1-11(2,3)16-10(15)12-5-4-8(13-12)6-9(14)7-12/h8-9,13-14H,4-7H2,1-3H3/t8?,9-,12?/m0/s1. The Balaban J connectivity index is 2.10. The molecule has 0 aromatic rings. The summed E-state index contributed by atoms with van der Waals surface area (Å²) >= 11 is 0. The molecule has 0 radical (unpaired) electrons. The van der Waals surface area contributed by atoms with Gasteiger partial charge < -0.3 is 9.84 Å². The molecule has 0 aliphatic carbocycles. The summed E-state index contributed by atoms with van der Waals surface area (Å²) in [7, 11) is 0. The monoisotopic (exact) mass is 227 g/mol. The van der Waals surface area contributed by atoms with Crippen molar-refractivity contribution in [2.75, 3.05) is 0 Å². The molecule has 2 heterocycles. The lowest BCUT2D eigenvalue weighted by Crippen LogP contribution is -2.57. The fourth-order valence-corrected chi connectivity index (χ4v) is 2.73. The van der Waals surface area contributed by atoms with Crippen LogP contribution in [0.5, 0.6) is 0 Å². The van der Waals surface area contributed by atoms with Gasteiger partial charge in [0.05, 0.1) is 6.10 Å². The molecule has 3 atom stereocenters. The van der Waals surface area contributed by atoms with Gasteiger partial charge in [-0.25, -0.2) is 0 Å². The highest BCUT2D eigenvalue weighted by atomic mass is 16.6. The first-order chi connectivity index (χ1) is 7.31. The van der Waals surface area contributed by atoms with Crippen LogP contribution in [0, 0.1) is 0 Å². The SMILES string of the molecule is CC(C)(C)OC(=O)C12CCC(C[C@H](O)C1)N2. The van der Waals surface area contributed by atoms with Crippen molar-refractivity contribution in [2.24, 2.45) is 0 Å². The van der Waals surface area contributed by atoms with Crippen LogP contribution in [0.1, 0.15) is 46.5 Å². The number of hydrogen-bond donors (Lipinski definition) is 2. The molecule has 0 aromatic heterocycles. The maximum atomic E-state index is 12.1. The van der Waals surface area contributed by atoms with Crippen LogP contribution < -0.4 is 5.32 Å². The molecule has 2 saturated heterocycles. The Kier molecular flexibility index (Phi) is 2.75. The Bertz CT molecular complexity index is 297. The number of aliphatic hydroxyl groups excluding tert-OH is 1. The van der Waals surface area contributed by atoms with Crippen LogP contribution in [0.15, 0.2) is 0 Å². The van der Waals surface area contributed by atoms with Gasteiger partial charge in [0, 0.05) is 12.5 Å². The topological polar surface area (TPSA) is 58.6 Å². The van der Waals surface area contributed by atoms with Crippen LogP contribution in [0.4, 0.5) is 0 Å². The number of esters is 1. The molecule has 2 fully saturated rings. The van der Waals surface area contributed by atoms with Crippen molar-refractivity contribution < 1.29 is 14.6 Å². The summed E-state index contributed by atoms with van der Waals surface area (Å²) in [6.45, 7) is 5.60. The second-order valence-corrected chi connectivity index (χ2v) is 6.06. The third-order valence-electron chi connectivity index (χ3n) is 3.33. The van der Waals surface area contributed by atoms with Gasteiger partial charge in [0.2, 0.25) is 0 Å². The molecule has 4 heteroatoms. The maximum Gasteiger partial charge on any atom is 0.326 e. The normalized spacial score (nSPS) is 38.5. The summed E-state index contributed by atoms with van der Waals surface area (Å²) in [4.78, 5) is 12.1. The molecule has 2 N–H and O–H groups in total. The second kappa shape index (κ2) is 3.70. The molecule has 2 rings (SSSR count). The van der Waals surface area contributed by atoms with Gasteiger partial charge in [-0.2, -0.15) is 0 Å². The minimum absolute atomic E-state index is 0.207. The molecular formula is C12H21NO3. The Morgan fingerprint density at radius 3 is 2.81 bits per heavy atom. The van der Waals surface area contributed by atoms with Gasteiger partial charge in [-0.05, 0) is 40.0 Å². The Labute approximate surface area is 96.4 Å². The molecular weight excluding hydrogens is 206 g/mol. The Morgan fingerprint density at radius 1 is 1.50 bits per heavy atom. The van der Waals surface area contributed by atoms with Gasteiger partial charge in [0.1, 0.15) is 11.1 Å². The first-order valence-electron chi connectivity index (χ1n) is 6.00. The van der Waals surface area contributed by atoms with Crippen LogP contribution in [0.25, 0.3) is 0 Å². The fourth-order valence-electron chi connectivity index (χ4n) is 2.73. The zero-order valence-corrected chi connectivity index (χ0v) is 10.2. The first-order valence-corrected chi connectivity index (χ1v) is 6.00. The predicted octanol–water partition coefficient (Wildman–Crippen LogP) is 0.974. The molecule has 2 aliphatic heterocycles. The molecule has 16 heavy (non-hydrogen) atoms. The summed E-state index contributed by atoms with van der Waals surface area (Å²) in [5, 5.41) is 13.1. The van der Waals surface area contributed by atoms with E-state index in [0.717, 1.165) is 19.3 Å². The Hall–Kier alpha value is -0.610. The summed E-state index contributed by atoms with van der Waals surface area (Å²) in [6, 6.07) is 0.274. The highest BCUT2D eigenvalue weighted by Gasteiger charge is 2.51. The molecule has 0 amide bonds. The molecule has 92 valence electrons. The minimum atomic E-state index is -0.629. The third-order valence-corrected chi connectivity index (χ3v) is 3.33. The molecule has 2 bridgehead atoms. The number of nitrogens with one attached hydrogen (secondary N) is 1. The van der Waals surface area contributed by atoms with Crippen LogP contribution in [-0.2, 0) is 9.53 Å². The van der Waals surface area contributed by atoms with E-state index in [1.807, 2.05) is 20.8 Å². The molecule has 0 aromatic carbocycles. The predicted molar refractivity (Wildman–Crippen MR) is 60.0 cm³/mol. The fraction of sp³-hybridized carbons (Fsp3) is 0.917. The van der Waals surface area contributed by atoms with E-state index in [1.54, 1.807) is 0 Å². The quantitative estimate of drug-likeness (QED) is 0.655. The van der Waals surface area contributed by atoms with E-state index < -0.39 is 11.1 Å². The van der Waals surface area contributed by atoms with Crippen LogP contribution in [-0.4, -0.2) is 34.4 Å². The smallest absolute Gasteiger partial charge is 0.326 e. The summed E-state index contributed by atoms with van der Waals surface area (Å²) in [5.41, 5.74) is -1.09. The number of ether oxygens (including phenoxy) is 1. The highest BCUT2D eigenvalue weighted by Crippen LogP contribution is 2.37. The van der Waals surface area contributed by atoms with E-state index in [9.17, 15) is 9.90 Å². The average molecular weight is 227 g/mol. The zero-order chi connectivity index (χ0) is 12.0. The van der Waals surface area contributed by atoms with Gasteiger partial charge >= 0.3 is 5.97 Å². The van der Waals surface area contributed by atoms with Crippen LogP contribution in [0.2, 0.25) is 0 Å². The van der Waals surface area contributed by atoms with Gasteiger partial charge in [-0.15, -0.1) is 0 Å². The Morgan fingerprint density at radius 2 is 2.19 bits per heavy atom. The number of piperidine rings is 1. The molecule has 2 aliphatic rings. The average Bonchev–Trinajstić information content (AvgIpc) is 2.40. The van der Waals surface area contributed by atoms with E-state index in [1.165, 1.54) is 0 Å². The number of carbonyl (C=O) groups excluding carboxylic acids is 1. The van der Waals surface area contributed by atoms with Gasteiger partial charge in [-0.1, -0.05) is 0 Å². The number of rotatable bonds is 1. The largest absolute Gasteiger partial charge is 0.459 e.